The van der Waals surface area contributed by atoms with E-state index in [1.807, 2.05) is 12.1 Å². The number of ketones is 1. The number of carbonyl (C=O) groups excluding carboxylic acids is 2. The van der Waals surface area contributed by atoms with Crippen LogP contribution in [0.3, 0.4) is 0 Å². The van der Waals surface area contributed by atoms with Gasteiger partial charge in [-0.2, -0.15) is 0 Å². The van der Waals surface area contributed by atoms with E-state index in [2.05, 4.69) is 4.90 Å². The molecule has 2 aliphatic rings. The second kappa shape index (κ2) is 10.5. The topological polar surface area (TPSA) is 92.5 Å². The first-order valence-corrected chi connectivity index (χ1v) is 11.0. The molecule has 1 fully saturated rings. The number of amides is 1. The zero-order chi connectivity index (χ0) is 23.2. The normalized spacial score (nSPS) is 19.6. The number of methoxy groups -OCH3 is 1. The molecule has 3 heterocycles. The summed E-state index contributed by atoms with van der Waals surface area (Å²) in [4.78, 5) is 30.0. The molecule has 0 unspecified atom stereocenters. The number of aliphatic hydroxyl groups is 1. The molecule has 1 aromatic heterocycles. The van der Waals surface area contributed by atoms with Gasteiger partial charge in [-0.1, -0.05) is 12.1 Å². The van der Waals surface area contributed by atoms with E-state index < -0.39 is 23.5 Å². The largest absolute Gasteiger partial charge is 0.503 e. The summed E-state index contributed by atoms with van der Waals surface area (Å²) in [5, 5.41) is 10.7. The summed E-state index contributed by atoms with van der Waals surface area (Å²) in [6.07, 6.45) is 5.08. The highest BCUT2D eigenvalue weighted by atomic mass is 16.5. The van der Waals surface area contributed by atoms with E-state index in [0.29, 0.717) is 31.3 Å². The lowest BCUT2D eigenvalue weighted by Crippen LogP contribution is -2.39. The first kappa shape index (κ1) is 22.8. The molecule has 0 spiro atoms. The molecule has 0 saturated carbocycles. The number of furan rings is 1. The third-order valence-corrected chi connectivity index (χ3v) is 5.92. The maximum Gasteiger partial charge on any atom is 0.290 e. The fourth-order valence-electron chi connectivity index (χ4n) is 4.19. The summed E-state index contributed by atoms with van der Waals surface area (Å²) >= 11 is 0. The van der Waals surface area contributed by atoms with E-state index in [0.717, 1.165) is 31.6 Å². The van der Waals surface area contributed by atoms with Crippen molar-refractivity contribution < 1.29 is 28.6 Å². The highest BCUT2D eigenvalue weighted by Gasteiger charge is 2.42. The van der Waals surface area contributed by atoms with Crippen LogP contribution < -0.4 is 4.74 Å². The first-order valence-electron chi connectivity index (χ1n) is 11.0. The lowest BCUT2D eigenvalue weighted by molar-refractivity contribution is -0.129. The van der Waals surface area contributed by atoms with Crippen LogP contribution in [0.4, 0.5) is 0 Å². The Balaban J connectivity index is 1.57. The number of carbonyl (C=O) groups is 2. The Morgan fingerprint density at radius 1 is 1.18 bits per heavy atom. The van der Waals surface area contributed by atoms with Crippen LogP contribution in [-0.4, -0.2) is 73.1 Å². The van der Waals surface area contributed by atoms with E-state index in [4.69, 9.17) is 13.9 Å². The summed E-state index contributed by atoms with van der Waals surface area (Å²) < 4.78 is 15.9. The Bertz CT molecular complexity index is 1020. The molecule has 8 heteroatoms. The average molecular weight is 453 g/mol. The van der Waals surface area contributed by atoms with Crippen molar-refractivity contribution in [2.24, 2.45) is 0 Å². The highest BCUT2D eigenvalue weighted by molar-refractivity contribution is 6.14. The van der Waals surface area contributed by atoms with Crippen molar-refractivity contribution >= 4 is 17.8 Å². The highest BCUT2D eigenvalue weighted by Crippen LogP contribution is 2.38. The number of aliphatic hydroxyl groups excluding tert-OH is 1. The fourth-order valence-corrected chi connectivity index (χ4v) is 4.19. The summed E-state index contributed by atoms with van der Waals surface area (Å²) in [6, 6.07) is 9.94. The third kappa shape index (κ3) is 5.18. The van der Waals surface area contributed by atoms with Gasteiger partial charge in [0.15, 0.2) is 11.5 Å². The number of benzene rings is 1. The second-order valence-corrected chi connectivity index (χ2v) is 7.96. The molecule has 8 nitrogen and oxygen atoms in total. The number of rotatable bonds is 9. The summed E-state index contributed by atoms with van der Waals surface area (Å²) in [7, 11) is 1.58. The lowest BCUT2D eigenvalue weighted by atomic mass is 9.95. The molecule has 1 amide bonds. The van der Waals surface area contributed by atoms with Crippen LogP contribution in [-0.2, 0) is 14.3 Å². The predicted molar refractivity (Wildman–Crippen MR) is 122 cm³/mol. The molecule has 4 rings (SSSR count). The van der Waals surface area contributed by atoms with Crippen LogP contribution in [0, 0.1) is 0 Å². The Labute approximate surface area is 192 Å². The van der Waals surface area contributed by atoms with E-state index in [-0.39, 0.29) is 5.57 Å². The molecule has 0 bridgehead atoms. The molecular weight excluding hydrogens is 424 g/mol. The molecule has 1 saturated heterocycles. The Kier molecular flexibility index (Phi) is 7.26. The van der Waals surface area contributed by atoms with Crippen molar-refractivity contribution in [2.45, 2.75) is 12.5 Å². The third-order valence-electron chi connectivity index (χ3n) is 5.92. The number of hydrogen-bond acceptors (Lipinski definition) is 7. The van der Waals surface area contributed by atoms with Gasteiger partial charge in [0.2, 0.25) is 0 Å². The molecule has 33 heavy (non-hydrogen) atoms. The summed E-state index contributed by atoms with van der Waals surface area (Å²) in [5.74, 6) is -0.297. The standard InChI is InChI=1S/C25H28N2O6/c1-31-19-7-5-18(6-8-19)23-22(21(28)10-9-20-4-2-15-33-20)24(29)25(30)27(23)12-3-11-26-13-16-32-17-14-26/h2,4-10,15,23,29H,3,11-14,16-17H2,1H3/b10-9+/t23-/m0/s1. The zero-order valence-electron chi connectivity index (χ0n) is 18.6. The number of nitrogens with zero attached hydrogens (tertiary/aromatic N) is 2. The van der Waals surface area contributed by atoms with Gasteiger partial charge in [0.25, 0.3) is 5.91 Å². The zero-order valence-corrected chi connectivity index (χ0v) is 18.6. The molecule has 174 valence electrons. The summed E-state index contributed by atoms with van der Waals surface area (Å²) in [5.41, 5.74) is 0.800. The van der Waals surface area contributed by atoms with Gasteiger partial charge < -0.3 is 23.9 Å². The monoisotopic (exact) mass is 452 g/mol. The van der Waals surface area contributed by atoms with E-state index in [9.17, 15) is 14.7 Å². The molecular formula is C25H28N2O6. The van der Waals surface area contributed by atoms with Gasteiger partial charge in [-0.15, -0.1) is 0 Å². The fraction of sp³-hybridized carbons (Fsp3) is 0.360. The van der Waals surface area contributed by atoms with Crippen molar-refractivity contribution in [3.8, 4) is 5.75 Å². The van der Waals surface area contributed by atoms with Crippen LogP contribution in [0.5, 0.6) is 5.75 Å². The minimum atomic E-state index is -0.679. The van der Waals surface area contributed by atoms with Crippen LogP contribution in [0.2, 0.25) is 0 Å². The van der Waals surface area contributed by atoms with Gasteiger partial charge in [0.05, 0.1) is 38.2 Å². The van der Waals surface area contributed by atoms with Crippen molar-refractivity contribution in [3.63, 3.8) is 0 Å². The Morgan fingerprint density at radius 3 is 2.61 bits per heavy atom. The minimum Gasteiger partial charge on any atom is -0.503 e. The van der Waals surface area contributed by atoms with E-state index >= 15 is 0 Å². The van der Waals surface area contributed by atoms with Crippen molar-refractivity contribution in [1.82, 2.24) is 9.80 Å². The van der Waals surface area contributed by atoms with Gasteiger partial charge in [-0.25, -0.2) is 0 Å². The minimum absolute atomic E-state index is 0.0688. The van der Waals surface area contributed by atoms with E-state index in [1.165, 1.54) is 18.4 Å². The molecule has 1 aromatic carbocycles. The number of hydrogen-bond donors (Lipinski definition) is 1. The average Bonchev–Trinajstić information content (AvgIpc) is 3.46. The maximum absolute atomic E-state index is 13.1. The van der Waals surface area contributed by atoms with Crippen LogP contribution in [0.25, 0.3) is 6.08 Å². The summed E-state index contributed by atoms with van der Waals surface area (Å²) in [6.45, 7) is 4.36. The molecule has 2 aromatic rings. The number of ether oxygens (including phenoxy) is 2. The SMILES string of the molecule is COc1ccc([C@H]2C(C(=O)/C=C/c3ccco3)=C(O)C(=O)N2CCCN2CCOCC2)cc1. The number of allylic oxidation sites excluding steroid dienone is 1. The molecule has 0 radical (unpaired) electrons. The molecule has 1 atom stereocenters. The van der Waals surface area contributed by atoms with Gasteiger partial charge >= 0.3 is 0 Å². The molecule has 1 N–H and O–H groups in total. The lowest BCUT2D eigenvalue weighted by Gasteiger charge is -2.30. The van der Waals surface area contributed by atoms with Gasteiger partial charge in [0.1, 0.15) is 11.5 Å². The predicted octanol–water partition coefficient (Wildman–Crippen LogP) is 2.99. The smallest absolute Gasteiger partial charge is 0.290 e. The van der Waals surface area contributed by atoms with E-state index in [1.54, 1.807) is 36.3 Å². The van der Waals surface area contributed by atoms with Crippen LogP contribution >= 0.6 is 0 Å². The molecule has 2 aliphatic heterocycles. The Hall–Kier alpha value is -3.36. The quantitative estimate of drug-likeness (QED) is 0.585. The number of morpholine rings is 1. The maximum atomic E-state index is 13.1. The Morgan fingerprint density at radius 2 is 1.94 bits per heavy atom. The van der Waals surface area contributed by atoms with Crippen molar-refractivity contribution in [2.75, 3.05) is 46.5 Å². The van der Waals surface area contributed by atoms with Gasteiger partial charge in [-0.05, 0) is 48.4 Å². The van der Waals surface area contributed by atoms with Gasteiger partial charge in [-0.3, -0.25) is 14.5 Å². The van der Waals surface area contributed by atoms with Crippen LogP contribution in [0.1, 0.15) is 23.8 Å². The first-order chi connectivity index (χ1) is 16.1. The second-order valence-electron chi connectivity index (χ2n) is 7.96. The van der Waals surface area contributed by atoms with Gasteiger partial charge in [0, 0.05) is 26.2 Å². The molecule has 0 aliphatic carbocycles. The van der Waals surface area contributed by atoms with Crippen molar-refractivity contribution in [3.05, 3.63) is 71.4 Å². The van der Waals surface area contributed by atoms with Crippen LogP contribution in [0.15, 0.2) is 64.5 Å². The van der Waals surface area contributed by atoms with Crippen molar-refractivity contribution in [1.29, 1.82) is 0 Å².